The van der Waals surface area contributed by atoms with Gasteiger partial charge in [0.15, 0.2) is 5.65 Å². The first kappa shape index (κ1) is 26.1. The van der Waals surface area contributed by atoms with E-state index in [0.29, 0.717) is 23.7 Å². The average molecular weight is 529 g/mol. The third-order valence-electron chi connectivity index (χ3n) is 7.41. The second kappa shape index (κ2) is 10.7. The zero-order chi connectivity index (χ0) is 26.9. The van der Waals surface area contributed by atoms with Gasteiger partial charge in [-0.25, -0.2) is 22.7 Å². The Balaban J connectivity index is 1.43. The van der Waals surface area contributed by atoms with E-state index in [4.69, 9.17) is 4.98 Å². The number of nitrogens with one attached hydrogen (secondary N) is 2. The van der Waals surface area contributed by atoms with Crippen molar-refractivity contribution in [3.05, 3.63) is 59.6 Å². The Bertz CT molecular complexity index is 1320. The number of halogens is 3. The number of carbonyl (C=O) groups excluding carboxylic acids is 2. The van der Waals surface area contributed by atoms with Gasteiger partial charge in [0.25, 0.3) is 5.91 Å². The molecule has 2 aliphatic rings. The minimum atomic E-state index is -2.73. The molecule has 2 N–H and O–H groups in total. The van der Waals surface area contributed by atoms with Crippen LogP contribution in [0.25, 0.3) is 5.65 Å². The van der Waals surface area contributed by atoms with E-state index in [1.54, 1.807) is 16.9 Å². The highest BCUT2D eigenvalue weighted by Crippen LogP contribution is 2.42. The third-order valence-corrected chi connectivity index (χ3v) is 7.41. The van der Waals surface area contributed by atoms with Crippen LogP contribution in [0, 0.1) is 17.7 Å². The fraction of sp³-hybridized carbons (Fsp3) is 0.519. The fourth-order valence-corrected chi connectivity index (χ4v) is 5.20. The molecule has 8 nitrogen and oxygen atoms in total. The number of hydrogen-bond donors (Lipinski definition) is 2. The number of aromatic nitrogens is 4. The quantitative estimate of drug-likeness (QED) is 0.410. The Kier molecular flexibility index (Phi) is 7.36. The molecule has 0 aromatic carbocycles. The van der Waals surface area contributed by atoms with Gasteiger partial charge in [-0.05, 0) is 61.6 Å². The number of nitrogens with zero attached hydrogens (tertiary/aromatic N) is 4. The standard InChI is InChI=1S/C27H31F3N6O2/c1-2-3-23(37)34-24(16-4-5-16)18-11-22-33-21(15-36(22)32-13-18)25(17-6-8-27(29,30)9-7-17)35-26(38)19-10-20(28)14-31-12-19/h10-17,24-25H,2-9H2,1H3,(H,34,37)(H,35,38)/t24-,25+/m1/s1. The number of amides is 2. The molecule has 0 spiro atoms. The summed E-state index contributed by atoms with van der Waals surface area (Å²) in [7, 11) is 0. The molecule has 0 unspecified atom stereocenters. The van der Waals surface area contributed by atoms with Gasteiger partial charge < -0.3 is 10.6 Å². The summed E-state index contributed by atoms with van der Waals surface area (Å²) < 4.78 is 43.1. The maximum Gasteiger partial charge on any atom is 0.253 e. The van der Waals surface area contributed by atoms with E-state index < -0.39 is 23.7 Å². The van der Waals surface area contributed by atoms with Gasteiger partial charge in [-0.2, -0.15) is 5.10 Å². The van der Waals surface area contributed by atoms with Crippen molar-refractivity contribution in [1.82, 2.24) is 30.2 Å². The van der Waals surface area contributed by atoms with Crippen molar-refractivity contribution in [1.29, 1.82) is 0 Å². The molecule has 2 fully saturated rings. The molecule has 2 atom stereocenters. The lowest BCUT2D eigenvalue weighted by Gasteiger charge is -2.33. The van der Waals surface area contributed by atoms with Crippen molar-refractivity contribution in [3.63, 3.8) is 0 Å². The van der Waals surface area contributed by atoms with E-state index >= 15 is 0 Å². The van der Waals surface area contributed by atoms with Crippen LogP contribution < -0.4 is 10.6 Å². The van der Waals surface area contributed by atoms with Crippen molar-refractivity contribution in [2.45, 2.75) is 76.3 Å². The van der Waals surface area contributed by atoms with Crippen LogP contribution in [-0.2, 0) is 4.79 Å². The molecule has 3 aromatic heterocycles. The van der Waals surface area contributed by atoms with Crippen molar-refractivity contribution >= 4 is 17.5 Å². The van der Waals surface area contributed by atoms with E-state index in [-0.39, 0.29) is 49.1 Å². The molecular weight excluding hydrogens is 497 g/mol. The zero-order valence-electron chi connectivity index (χ0n) is 21.2. The Morgan fingerprint density at radius 3 is 2.47 bits per heavy atom. The molecular formula is C27H31F3N6O2. The van der Waals surface area contributed by atoms with Crippen LogP contribution >= 0.6 is 0 Å². The molecule has 0 aliphatic heterocycles. The van der Waals surface area contributed by atoms with Gasteiger partial charge >= 0.3 is 0 Å². The van der Waals surface area contributed by atoms with Gasteiger partial charge in [0.05, 0.1) is 41.9 Å². The van der Waals surface area contributed by atoms with Crippen LogP contribution in [0.1, 0.15) is 92.0 Å². The summed E-state index contributed by atoms with van der Waals surface area (Å²) in [6.45, 7) is 1.96. The molecule has 3 heterocycles. The van der Waals surface area contributed by atoms with E-state index in [2.05, 4.69) is 20.7 Å². The van der Waals surface area contributed by atoms with Crippen LogP contribution in [0.2, 0.25) is 0 Å². The van der Waals surface area contributed by atoms with Gasteiger partial charge in [-0.1, -0.05) is 6.92 Å². The van der Waals surface area contributed by atoms with Crippen LogP contribution in [0.15, 0.2) is 36.9 Å². The fourth-order valence-electron chi connectivity index (χ4n) is 5.20. The summed E-state index contributed by atoms with van der Waals surface area (Å²) >= 11 is 0. The molecule has 0 bridgehead atoms. The van der Waals surface area contributed by atoms with Crippen LogP contribution in [0.4, 0.5) is 13.2 Å². The summed E-state index contributed by atoms with van der Waals surface area (Å²) in [4.78, 5) is 33.8. The summed E-state index contributed by atoms with van der Waals surface area (Å²) in [6.07, 6.45) is 8.78. The van der Waals surface area contributed by atoms with E-state index in [9.17, 15) is 22.8 Å². The normalized spacial score (nSPS) is 19.2. The summed E-state index contributed by atoms with van der Waals surface area (Å²) in [6, 6.07) is 2.13. The SMILES string of the molecule is CCCC(=O)N[C@@H](c1cnn2cc([C@@H](NC(=O)c3cncc(F)c3)C3CCC(F)(F)CC3)nc2c1)C1CC1. The average Bonchev–Trinajstić information content (AvgIpc) is 3.64. The van der Waals surface area contributed by atoms with Crippen molar-refractivity contribution in [2.24, 2.45) is 11.8 Å². The van der Waals surface area contributed by atoms with Crippen LogP contribution in [-0.4, -0.2) is 37.3 Å². The predicted molar refractivity (Wildman–Crippen MR) is 133 cm³/mol. The molecule has 5 rings (SSSR count). The smallest absolute Gasteiger partial charge is 0.253 e. The summed E-state index contributed by atoms with van der Waals surface area (Å²) in [5.74, 6) is -3.86. The van der Waals surface area contributed by atoms with E-state index in [0.717, 1.165) is 37.1 Å². The second-order valence-electron chi connectivity index (χ2n) is 10.4. The Morgan fingerprint density at radius 1 is 1.05 bits per heavy atom. The number of carbonyl (C=O) groups is 2. The molecule has 2 aliphatic carbocycles. The van der Waals surface area contributed by atoms with Gasteiger partial charge in [0.1, 0.15) is 5.82 Å². The van der Waals surface area contributed by atoms with E-state index in [1.807, 2.05) is 13.0 Å². The maximum absolute atomic E-state index is 13.9. The summed E-state index contributed by atoms with van der Waals surface area (Å²) in [5, 5.41) is 10.5. The lowest BCUT2D eigenvalue weighted by atomic mass is 9.81. The Hall–Kier alpha value is -3.50. The first-order valence-electron chi connectivity index (χ1n) is 13.2. The number of imidazole rings is 1. The minimum Gasteiger partial charge on any atom is -0.349 e. The molecule has 2 saturated carbocycles. The summed E-state index contributed by atoms with van der Waals surface area (Å²) in [5.41, 5.74) is 1.90. The number of rotatable bonds is 9. The van der Waals surface area contributed by atoms with Gasteiger partial charge in [0.2, 0.25) is 11.8 Å². The highest BCUT2D eigenvalue weighted by molar-refractivity contribution is 5.94. The number of hydrogen-bond acceptors (Lipinski definition) is 5. The van der Waals surface area contributed by atoms with Crippen molar-refractivity contribution < 1.29 is 22.8 Å². The molecule has 0 radical (unpaired) electrons. The Morgan fingerprint density at radius 2 is 1.79 bits per heavy atom. The number of alkyl halides is 2. The first-order valence-corrected chi connectivity index (χ1v) is 13.2. The zero-order valence-corrected chi connectivity index (χ0v) is 21.2. The van der Waals surface area contributed by atoms with Crippen molar-refractivity contribution in [3.8, 4) is 0 Å². The minimum absolute atomic E-state index is 0.00276. The lowest BCUT2D eigenvalue weighted by molar-refractivity contribution is -0.122. The van der Waals surface area contributed by atoms with Gasteiger partial charge in [-0.3, -0.25) is 14.6 Å². The van der Waals surface area contributed by atoms with Gasteiger partial charge in [0, 0.05) is 25.5 Å². The topological polar surface area (TPSA) is 101 Å². The highest BCUT2D eigenvalue weighted by atomic mass is 19.3. The molecule has 2 amide bonds. The third kappa shape index (κ3) is 5.97. The molecule has 3 aromatic rings. The molecule has 0 saturated heterocycles. The Labute approximate surface area is 218 Å². The predicted octanol–water partition coefficient (Wildman–Crippen LogP) is 4.93. The number of pyridine rings is 1. The highest BCUT2D eigenvalue weighted by Gasteiger charge is 2.39. The second-order valence-corrected chi connectivity index (χ2v) is 10.4. The number of fused-ring (bicyclic) bond motifs is 1. The maximum atomic E-state index is 13.9. The lowest BCUT2D eigenvalue weighted by Crippen LogP contribution is -2.37. The molecule has 11 heteroatoms. The van der Waals surface area contributed by atoms with Crippen LogP contribution in [0.3, 0.4) is 0 Å². The van der Waals surface area contributed by atoms with E-state index in [1.165, 1.54) is 6.20 Å². The van der Waals surface area contributed by atoms with Gasteiger partial charge in [-0.15, -0.1) is 0 Å². The molecule has 202 valence electrons. The largest absolute Gasteiger partial charge is 0.349 e. The monoisotopic (exact) mass is 528 g/mol. The van der Waals surface area contributed by atoms with Crippen LogP contribution in [0.5, 0.6) is 0 Å². The molecule has 38 heavy (non-hydrogen) atoms. The first-order chi connectivity index (χ1) is 18.2. The van der Waals surface area contributed by atoms with Crippen molar-refractivity contribution in [2.75, 3.05) is 0 Å².